The van der Waals surface area contributed by atoms with Gasteiger partial charge in [0.2, 0.25) is 5.91 Å². The zero-order valence-electron chi connectivity index (χ0n) is 12.6. The summed E-state index contributed by atoms with van der Waals surface area (Å²) in [5.41, 5.74) is 1.64. The van der Waals surface area contributed by atoms with E-state index in [4.69, 9.17) is 0 Å². The molecule has 0 spiro atoms. The van der Waals surface area contributed by atoms with Gasteiger partial charge in [0.05, 0.1) is 11.4 Å². The summed E-state index contributed by atoms with van der Waals surface area (Å²) in [6.07, 6.45) is 1.76. The van der Waals surface area contributed by atoms with Crippen LogP contribution in [0.15, 0.2) is 18.2 Å². The molecule has 114 valence electrons. The SMILES string of the molecule is C[C@H]1C[C@@H](C(=O)N2CCN(C)c3cc(F)ccc32)CCN1. The Morgan fingerprint density at radius 2 is 2.14 bits per heavy atom. The minimum Gasteiger partial charge on any atom is -0.371 e. The molecule has 21 heavy (non-hydrogen) atoms. The number of nitrogens with one attached hydrogen (secondary N) is 1. The van der Waals surface area contributed by atoms with Crippen molar-refractivity contribution in [1.82, 2.24) is 5.32 Å². The fourth-order valence-corrected chi connectivity index (χ4v) is 3.33. The van der Waals surface area contributed by atoms with Crippen LogP contribution in [0.3, 0.4) is 0 Å². The Bertz CT molecular complexity index is 548. The second-order valence-corrected chi connectivity index (χ2v) is 6.12. The molecule has 5 heteroatoms. The molecule has 2 heterocycles. The normalized spacial score (nSPS) is 25.7. The Morgan fingerprint density at radius 3 is 2.90 bits per heavy atom. The van der Waals surface area contributed by atoms with Gasteiger partial charge in [-0.25, -0.2) is 4.39 Å². The lowest BCUT2D eigenvalue weighted by molar-refractivity contribution is -0.123. The van der Waals surface area contributed by atoms with Crippen molar-refractivity contribution in [2.24, 2.45) is 5.92 Å². The van der Waals surface area contributed by atoms with Gasteiger partial charge in [0.15, 0.2) is 0 Å². The molecule has 0 bridgehead atoms. The molecular formula is C16H22FN3O. The van der Waals surface area contributed by atoms with Crippen molar-refractivity contribution in [3.63, 3.8) is 0 Å². The van der Waals surface area contributed by atoms with E-state index in [2.05, 4.69) is 12.2 Å². The Morgan fingerprint density at radius 1 is 1.33 bits per heavy atom. The van der Waals surface area contributed by atoms with Crippen LogP contribution in [0.4, 0.5) is 15.8 Å². The second-order valence-electron chi connectivity index (χ2n) is 6.12. The first-order valence-corrected chi connectivity index (χ1v) is 7.61. The number of rotatable bonds is 1. The third-order valence-electron chi connectivity index (χ3n) is 4.54. The van der Waals surface area contributed by atoms with Crippen LogP contribution in [0.2, 0.25) is 0 Å². The lowest BCUT2D eigenvalue weighted by Crippen LogP contribution is -2.48. The number of likely N-dealkylation sites (N-methyl/N-ethyl adjacent to an activating group) is 1. The van der Waals surface area contributed by atoms with Crippen LogP contribution >= 0.6 is 0 Å². The smallest absolute Gasteiger partial charge is 0.230 e. The molecule has 1 aromatic carbocycles. The maximum Gasteiger partial charge on any atom is 0.230 e. The quantitative estimate of drug-likeness (QED) is 0.859. The van der Waals surface area contributed by atoms with Gasteiger partial charge in [-0.2, -0.15) is 0 Å². The van der Waals surface area contributed by atoms with Gasteiger partial charge >= 0.3 is 0 Å². The number of hydrogen-bond acceptors (Lipinski definition) is 3. The van der Waals surface area contributed by atoms with E-state index in [1.807, 2.05) is 16.8 Å². The number of carbonyl (C=O) groups excluding carboxylic acids is 1. The maximum atomic E-state index is 13.5. The summed E-state index contributed by atoms with van der Waals surface area (Å²) in [5, 5.41) is 3.37. The number of fused-ring (bicyclic) bond motifs is 1. The molecule has 2 aliphatic heterocycles. The molecule has 0 aliphatic carbocycles. The van der Waals surface area contributed by atoms with Crippen molar-refractivity contribution >= 4 is 17.3 Å². The summed E-state index contributed by atoms with van der Waals surface area (Å²) < 4.78 is 13.5. The highest BCUT2D eigenvalue weighted by molar-refractivity contribution is 5.99. The van der Waals surface area contributed by atoms with Gasteiger partial charge in [-0.1, -0.05) is 0 Å². The van der Waals surface area contributed by atoms with E-state index >= 15 is 0 Å². The molecule has 3 rings (SSSR count). The maximum absolute atomic E-state index is 13.5. The van der Waals surface area contributed by atoms with Gasteiger partial charge in [-0.3, -0.25) is 4.79 Å². The zero-order chi connectivity index (χ0) is 15.0. The predicted octanol–water partition coefficient (Wildman–Crippen LogP) is 2.00. The molecule has 1 saturated heterocycles. The van der Waals surface area contributed by atoms with E-state index in [0.29, 0.717) is 12.6 Å². The predicted molar refractivity (Wildman–Crippen MR) is 82.2 cm³/mol. The molecule has 0 saturated carbocycles. The summed E-state index contributed by atoms with van der Waals surface area (Å²) in [6.45, 7) is 4.42. The van der Waals surface area contributed by atoms with Gasteiger partial charge < -0.3 is 15.1 Å². The number of piperidine rings is 1. The summed E-state index contributed by atoms with van der Waals surface area (Å²) >= 11 is 0. The highest BCUT2D eigenvalue weighted by Crippen LogP contribution is 2.34. The van der Waals surface area contributed by atoms with E-state index in [9.17, 15) is 9.18 Å². The molecule has 2 atom stereocenters. The monoisotopic (exact) mass is 291 g/mol. The van der Waals surface area contributed by atoms with Crippen molar-refractivity contribution in [2.75, 3.05) is 36.5 Å². The number of halogens is 1. The van der Waals surface area contributed by atoms with E-state index in [1.165, 1.54) is 12.1 Å². The fourth-order valence-electron chi connectivity index (χ4n) is 3.33. The Balaban J connectivity index is 1.86. The number of anilines is 2. The lowest BCUT2D eigenvalue weighted by Gasteiger charge is -2.38. The molecule has 2 aliphatic rings. The van der Waals surface area contributed by atoms with Crippen molar-refractivity contribution in [1.29, 1.82) is 0 Å². The first-order chi connectivity index (χ1) is 10.1. The Kier molecular flexibility index (Phi) is 3.85. The Hall–Kier alpha value is -1.62. The molecule has 0 aromatic heterocycles. The van der Waals surface area contributed by atoms with Gasteiger partial charge in [-0.15, -0.1) is 0 Å². The minimum atomic E-state index is -0.259. The van der Waals surface area contributed by atoms with Gasteiger partial charge in [0.25, 0.3) is 0 Å². The number of amides is 1. The van der Waals surface area contributed by atoms with Crippen molar-refractivity contribution in [2.45, 2.75) is 25.8 Å². The standard InChI is InChI=1S/C16H22FN3O/c1-11-9-12(5-6-18-11)16(21)20-8-7-19(2)15-10-13(17)3-4-14(15)20/h3-4,10-12,18H,5-9H2,1-2H3/t11-,12-/m0/s1. The van der Waals surface area contributed by atoms with E-state index in [0.717, 1.165) is 37.3 Å². The summed E-state index contributed by atoms with van der Waals surface area (Å²) in [4.78, 5) is 16.7. The minimum absolute atomic E-state index is 0.0718. The van der Waals surface area contributed by atoms with Crippen LogP contribution in [0, 0.1) is 11.7 Å². The zero-order valence-corrected chi connectivity index (χ0v) is 12.6. The van der Waals surface area contributed by atoms with E-state index in [-0.39, 0.29) is 17.6 Å². The highest BCUT2D eigenvalue weighted by Gasteiger charge is 2.32. The van der Waals surface area contributed by atoms with E-state index in [1.54, 1.807) is 6.07 Å². The van der Waals surface area contributed by atoms with Crippen LogP contribution in [0.5, 0.6) is 0 Å². The molecule has 1 amide bonds. The largest absolute Gasteiger partial charge is 0.371 e. The number of nitrogens with zero attached hydrogens (tertiary/aromatic N) is 2. The summed E-state index contributed by atoms with van der Waals surface area (Å²) in [5.74, 6) is -0.00254. The van der Waals surface area contributed by atoms with Crippen LogP contribution in [0.1, 0.15) is 19.8 Å². The first kappa shape index (κ1) is 14.3. The number of benzene rings is 1. The highest BCUT2D eigenvalue weighted by atomic mass is 19.1. The third kappa shape index (κ3) is 2.75. The molecule has 1 N–H and O–H groups in total. The number of carbonyl (C=O) groups is 1. The van der Waals surface area contributed by atoms with Crippen LogP contribution < -0.4 is 15.1 Å². The van der Waals surface area contributed by atoms with Crippen molar-refractivity contribution in [3.8, 4) is 0 Å². The molecule has 4 nitrogen and oxygen atoms in total. The lowest BCUT2D eigenvalue weighted by atomic mass is 9.91. The van der Waals surface area contributed by atoms with Gasteiger partial charge in [0.1, 0.15) is 5.82 Å². The molecular weight excluding hydrogens is 269 g/mol. The molecule has 1 aromatic rings. The summed E-state index contributed by atoms with van der Waals surface area (Å²) in [7, 11) is 1.94. The molecule has 1 fully saturated rings. The molecule has 0 unspecified atom stereocenters. The fraction of sp³-hybridized carbons (Fsp3) is 0.562. The average molecular weight is 291 g/mol. The Labute approximate surface area is 124 Å². The van der Waals surface area contributed by atoms with Crippen LogP contribution in [-0.2, 0) is 4.79 Å². The second kappa shape index (κ2) is 5.64. The van der Waals surface area contributed by atoms with Crippen molar-refractivity contribution in [3.05, 3.63) is 24.0 Å². The summed E-state index contributed by atoms with van der Waals surface area (Å²) in [6, 6.07) is 5.05. The van der Waals surface area contributed by atoms with Crippen LogP contribution in [-0.4, -0.2) is 38.6 Å². The van der Waals surface area contributed by atoms with Crippen LogP contribution in [0.25, 0.3) is 0 Å². The average Bonchev–Trinajstić information content (AvgIpc) is 2.47. The number of hydrogen-bond donors (Lipinski definition) is 1. The first-order valence-electron chi connectivity index (χ1n) is 7.61. The molecule has 0 radical (unpaired) electrons. The van der Waals surface area contributed by atoms with E-state index < -0.39 is 0 Å². The van der Waals surface area contributed by atoms with Gasteiger partial charge in [-0.05, 0) is 44.5 Å². The topological polar surface area (TPSA) is 35.6 Å². The third-order valence-corrected chi connectivity index (χ3v) is 4.54. The van der Waals surface area contributed by atoms with Gasteiger partial charge in [0, 0.05) is 32.1 Å². The van der Waals surface area contributed by atoms with Crippen molar-refractivity contribution < 1.29 is 9.18 Å².